The molecule has 104 valence electrons. The molecule has 1 aliphatic rings. The van der Waals surface area contributed by atoms with Crippen LogP contribution in [0.2, 0.25) is 5.02 Å². The first-order valence-electron chi connectivity index (χ1n) is 6.88. The van der Waals surface area contributed by atoms with Crippen LogP contribution >= 0.6 is 11.6 Å². The van der Waals surface area contributed by atoms with Gasteiger partial charge in [0.05, 0.1) is 12.6 Å². The Kier molecular flexibility index (Phi) is 3.68. The molecule has 0 aliphatic carbocycles. The molecule has 2 aromatic carbocycles. The van der Waals surface area contributed by atoms with Crippen molar-refractivity contribution >= 4 is 11.6 Å². The van der Waals surface area contributed by atoms with Crippen LogP contribution in [0.3, 0.4) is 0 Å². The Morgan fingerprint density at radius 3 is 2.90 bits per heavy atom. The molecule has 3 rings (SSSR count). The Bertz CT molecular complexity index is 639. The molecule has 0 amide bonds. The van der Waals surface area contributed by atoms with Gasteiger partial charge in [-0.05, 0) is 48.4 Å². The summed E-state index contributed by atoms with van der Waals surface area (Å²) in [5.41, 5.74) is 4.90. The lowest BCUT2D eigenvalue weighted by Gasteiger charge is -2.20. The van der Waals surface area contributed by atoms with E-state index in [1.807, 2.05) is 19.2 Å². The third kappa shape index (κ3) is 2.30. The van der Waals surface area contributed by atoms with E-state index in [1.165, 1.54) is 16.7 Å². The molecular weight excluding hydrogens is 270 g/mol. The average Bonchev–Trinajstić information content (AvgIpc) is 2.92. The second-order valence-electron chi connectivity index (χ2n) is 5.14. The largest absolute Gasteiger partial charge is 0.493 e. The molecule has 20 heavy (non-hydrogen) atoms. The van der Waals surface area contributed by atoms with Crippen LogP contribution in [0.1, 0.15) is 28.3 Å². The SMILES string of the molecule is CNC(c1ccc2c(c1)CCO2)c1cccc(Cl)c1C. The lowest BCUT2D eigenvalue weighted by molar-refractivity contribution is 0.357. The van der Waals surface area contributed by atoms with E-state index in [9.17, 15) is 0 Å². The highest BCUT2D eigenvalue weighted by Crippen LogP contribution is 2.32. The molecule has 1 atom stereocenters. The minimum atomic E-state index is 0.152. The maximum atomic E-state index is 6.25. The van der Waals surface area contributed by atoms with E-state index >= 15 is 0 Å². The van der Waals surface area contributed by atoms with Gasteiger partial charge in [-0.15, -0.1) is 0 Å². The highest BCUT2D eigenvalue weighted by molar-refractivity contribution is 6.31. The van der Waals surface area contributed by atoms with Crippen LogP contribution in [0.4, 0.5) is 0 Å². The Labute approximate surface area is 124 Å². The summed E-state index contributed by atoms with van der Waals surface area (Å²) in [4.78, 5) is 0. The molecule has 0 aromatic heterocycles. The minimum Gasteiger partial charge on any atom is -0.493 e. The van der Waals surface area contributed by atoms with Crippen LogP contribution in [0.25, 0.3) is 0 Å². The third-order valence-electron chi connectivity index (χ3n) is 3.96. The fraction of sp³-hybridized carbons (Fsp3) is 0.294. The standard InChI is InChI=1S/C17H18ClNO/c1-11-14(4-3-5-15(11)18)17(19-2)13-6-7-16-12(10-13)8-9-20-16/h3-7,10,17,19H,8-9H2,1-2H3. The summed E-state index contributed by atoms with van der Waals surface area (Å²) in [7, 11) is 1.98. The van der Waals surface area contributed by atoms with Gasteiger partial charge in [0.2, 0.25) is 0 Å². The van der Waals surface area contributed by atoms with Crippen LogP contribution in [-0.4, -0.2) is 13.7 Å². The number of fused-ring (bicyclic) bond motifs is 1. The lowest BCUT2D eigenvalue weighted by atomic mass is 9.93. The van der Waals surface area contributed by atoms with Crippen molar-refractivity contribution in [2.24, 2.45) is 0 Å². The quantitative estimate of drug-likeness (QED) is 0.925. The Morgan fingerprint density at radius 2 is 2.10 bits per heavy atom. The predicted octanol–water partition coefficient (Wildman–Crippen LogP) is 3.89. The summed E-state index contributed by atoms with van der Waals surface area (Å²) in [6, 6.07) is 12.7. The lowest BCUT2D eigenvalue weighted by Crippen LogP contribution is -2.18. The minimum absolute atomic E-state index is 0.152. The van der Waals surface area contributed by atoms with Crippen molar-refractivity contribution in [2.45, 2.75) is 19.4 Å². The van der Waals surface area contributed by atoms with Crippen LogP contribution in [0, 0.1) is 6.92 Å². The van der Waals surface area contributed by atoms with Crippen molar-refractivity contribution in [3.05, 3.63) is 63.7 Å². The summed E-state index contributed by atoms with van der Waals surface area (Å²) < 4.78 is 5.57. The van der Waals surface area contributed by atoms with Gasteiger partial charge >= 0.3 is 0 Å². The van der Waals surface area contributed by atoms with Crippen molar-refractivity contribution in [1.82, 2.24) is 5.32 Å². The van der Waals surface area contributed by atoms with E-state index in [2.05, 4.69) is 36.5 Å². The van der Waals surface area contributed by atoms with Crippen molar-refractivity contribution in [2.75, 3.05) is 13.7 Å². The third-order valence-corrected chi connectivity index (χ3v) is 4.37. The van der Waals surface area contributed by atoms with Gasteiger partial charge < -0.3 is 10.1 Å². The summed E-state index contributed by atoms with van der Waals surface area (Å²) in [5.74, 6) is 1.02. The van der Waals surface area contributed by atoms with Gasteiger partial charge in [-0.1, -0.05) is 35.9 Å². The molecule has 0 bridgehead atoms. The highest BCUT2D eigenvalue weighted by Gasteiger charge is 2.19. The van der Waals surface area contributed by atoms with Gasteiger partial charge in [0.15, 0.2) is 0 Å². The first-order valence-corrected chi connectivity index (χ1v) is 7.26. The number of benzene rings is 2. The molecule has 0 spiro atoms. The van der Waals surface area contributed by atoms with E-state index in [4.69, 9.17) is 16.3 Å². The highest BCUT2D eigenvalue weighted by atomic mass is 35.5. The molecular formula is C17H18ClNO. The predicted molar refractivity (Wildman–Crippen MR) is 82.7 cm³/mol. The van der Waals surface area contributed by atoms with Gasteiger partial charge in [-0.2, -0.15) is 0 Å². The molecule has 1 aliphatic heterocycles. The molecule has 0 saturated carbocycles. The molecule has 2 aromatic rings. The van der Waals surface area contributed by atoms with E-state index < -0.39 is 0 Å². The Hall–Kier alpha value is -1.51. The van der Waals surface area contributed by atoms with E-state index in [-0.39, 0.29) is 6.04 Å². The molecule has 1 unspecified atom stereocenters. The number of ether oxygens (including phenoxy) is 1. The molecule has 2 nitrogen and oxygen atoms in total. The van der Waals surface area contributed by atoms with Crippen molar-refractivity contribution in [3.8, 4) is 5.75 Å². The first kappa shape index (κ1) is 13.5. The second kappa shape index (κ2) is 5.47. The summed E-state index contributed by atoms with van der Waals surface area (Å²) in [6.45, 7) is 2.86. The van der Waals surface area contributed by atoms with E-state index in [0.717, 1.165) is 29.4 Å². The first-order chi connectivity index (χ1) is 9.70. The normalized spacial score (nSPS) is 14.8. The number of rotatable bonds is 3. The number of nitrogens with one attached hydrogen (secondary N) is 1. The number of hydrogen-bond acceptors (Lipinski definition) is 2. The molecule has 0 radical (unpaired) electrons. The zero-order valence-corrected chi connectivity index (χ0v) is 12.5. The topological polar surface area (TPSA) is 21.3 Å². The maximum Gasteiger partial charge on any atom is 0.122 e. The number of halogens is 1. The molecule has 1 N–H and O–H groups in total. The van der Waals surface area contributed by atoms with Crippen LogP contribution in [0.5, 0.6) is 5.75 Å². The van der Waals surface area contributed by atoms with Crippen molar-refractivity contribution in [3.63, 3.8) is 0 Å². The molecule has 0 fully saturated rings. The molecule has 3 heteroatoms. The van der Waals surface area contributed by atoms with E-state index in [1.54, 1.807) is 0 Å². The molecule has 1 heterocycles. The van der Waals surface area contributed by atoms with Gasteiger partial charge in [-0.25, -0.2) is 0 Å². The smallest absolute Gasteiger partial charge is 0.122 e. The second-order valence-corrected chi connectivity index (χ2v) is 5.55. The van der Waals surface area contributed by atoms with Gasteiger partial charge in [-0.3, -0.25) is 0 Å². The Morgan fingerprint density at radius 1 is 1.25 bits per heavy atom. The number of hydrogen-bond donors (Lipinski definition) is 1. The summed E-state index contributed by atoms with van der Waals surface area (Å²) in [5, 5.41) is 4.21. The van der Waals surface area contributed by atoms with Crippen LogP contribution in [-0.2, 0) is 6.42 Å². The van der Waals surface area contributed by atoms with Crippen LogP contribution in [0.15, 0.2) is 36.4 Å². The zero-order valence-electron chi connectivity index (χ0n) is 11.7. The fourth-order valence-electron chi connectivity index (χ4n) is 2.82. The monoisotopic (exact) mass is 287 g/mol. The van der Waals surface area contributed by atoms with Crippen molar-refractivity contribution in [1.29, 1.82) is 0 Å². The van der Waals surface area contributed by atoms with Gasteiger partial charge in [0.1, 0.15) is 5.75 Å². The Balaban J connectivity index is 2.03. The fourth-order valence-corrected chi connectivity index (χ4v) is 3.01. The summed E-state index contributed by atoms with van der Waals surface area (Å²) in [6.07, 6.45) is 0.994. The average molecular weight is 288 g/mol. The maximum absolute atomic E-state index is 6.25. The summed E-state index contributed by atoms with van der Waals surface area (Å²) >= 11 is 6.25. The zero-order chi connectivity index (χ0) is 14.1. The molecule has 0 saturated heterocycles. The van der Waals surface area contributed by atoms with Gasteiger partial charge in [0, 0.05) is 11.4 Å². The van der Waals surface area contributed by atoms with Crippen LogP contribution < -0.4 is 10.1 Å². The van der Waals surface area contributed by atoms with Gasteiger partial charge in [0.25, 0.3) is 0 Å². The van der Waals surface area contributed by atoms with E-state index in [0.29, 0.717) is 0 Å². The van der Waals surface area contributed by atoms with Crippen molar-refractivity contribution < 1.29 is 4.74 Å².